The molecule has 4 rings (SSSR count). The number of hydrogen-bond donors (Lipinski definition) is 1. The van der Waals surface area contributed by atoms with Crippen molar-refractivity contribution in [2.45, 2.75) is 18.9 Å². The minimum atomic E-state index is -2.69. The van der Waals surface area contributed by atoms with Gasteiger partial charge in [0, 0.05) is 37.0 Å². The zero-order chi connectivity index (χ0) is 19.5. The van der Waals surface area contributed by atoms with Crippen LogP contribution in [0.4, 0.5) is 8.78 Å². The number of halogens is 2. The molecule has 1 saturated heterocycles. The summed E-state index contributed by atoms with van der Waals surface area (Å²) < 4.78 is 32.8. The van der Waals surface area contributed by atoms with Gasteiger partial charge < -0.3 is 10.5 Å². The van der Waals surface area contributed by atoms with Crippen LogP contribution in [0.25, 0.3) is 22.7 Å². The van der Waals surface area contributed by atoms with Crippen LogP contribution < -0.4 is 5.73 Å². The molecule has 4 heterocycles. The van der Waals surface area contributed by atoms with Crippen molar-refractivity contribution < 1.29 is 13.5 Å². The van der Waals surface area contributed by atoms with Crippen LogP contribution in [0.1, 0.15) is 24.2 Å². The SMILES string of the molecule is N/C=C(\C=NC1CCOC1)c1ccnc(-c2cnc3cnc(C(F)F)cn23)n1. The first-order chi connectivity index (χ1) is 13.7. The Morgan fingerprint density at radius 1 is 1.32 bits per heavy atom. The van der Waals surface area contributed by atoms with E-state index in [4.69, 9.17) is 10.5 Å². The quantitative estimate of drug-likeness (QED) is 0.676. The summed E-state index contributed by atoms with van der Waals surface area (Å²) in [7, 11) is 0. The van der Waals surface area contributed by atoms with Gasteiger partial charge in [-0.25, -0.2) is 28.7 Å². The van der Waals surface area contributed by atoms with Gasteiger partial charge in [0.15, 0.2) is 11.5 Å². The third-order valence-corrected chi connectivity index (χ3v) is 4.33. The van der Waals surface area contributed by atoms with E-state index in [-0.39, 0.29) is 11.7 Å². The Bertz CT molecular complexity index is 1040. The molecule has 3 aromatic heterocycles. The van der Waals surface area contributed by atoms with E-state index in [2.05, 4.69) is 24.9 Å². The van der Waals surface area contributed by atoms with Crippen LogP contribution in [0.5, 0.6) is 0 Å². The van der Waals surface area contributed by atoms with Gasteiger partial charge in [-0.15, -0.1) is 0 Å². The number of nitrogens with zero attached hydrogens (tertiary/aromatic N) is 6. The van der Waals surface area contributed by atoms with Gasteiger partial charge in [0.25, 0.3) is 6.43 Å². The molecule has 1 atom stereocenters. The van der Waals surface area contributed by atoms with Crippen molar-refractivity contribution in [3.05, 3.63) is 48.4 Å². The van der Waals surface area contributed by atoms with Crippen LogP contribution in [0.2, 0.25) is 0 Å². The van der Waals surface area contributed by atoms with E-state index < -0.39 is 6.43 Å². The van der Waals surface area contributed by atoms with Crippen LogP contribution in [0, 0.1) is 0 Å². The van der Waals surface area contributed by atoms with E-state index in [0.29, 0.717) is 41.6 Å². The second-order valence-electron chi connectivity index (χ2n) is 6.17. The normalized spacial score (nSPS) is 18.0. The number of rotatable bonds is 5. The van der Waals surface area contributed by atoms with Crippen molar-refractivity contribution in [1.29, 1.82) is 0 Å². The van der Waals surface area contributed by atoms with Crippen molar-refractivity contribution in [2.24, 2.45) is 10.7 Å². The number of allylic oxidation sites excluding steroid dienone is 1. The molecular formula is C18H17F2N7O. The lowest BCUT2D eigenvalue weighted by atomic mass is 10.2. The Labute approximate surface area is 158 Å². The largest absolute Gasteiger partial charge is 0.404 e. The standard InChI is InChI=1S/C18H17F2N7O/c19-17(20)14-9-27-15(7-25-16(27)8-24-14)18-22-3-1-13(26-18)11(5-21)6-23-12-2-4-28-10-12/h1,3,5-9,12,17H,2,4,10,21H2/b11-5+,23-6?. The van der Waals surface area contributed by atoms with Gasteiger partial charge in [0.2, 0.25) is 0 Å². The van der Waals surface area contributed by atoms with E-state index in [1.54, 1.807) is 18.5 Å². The molecule has 1 fully saturated rings. The zero-order valence-corrected chi connectivity index (χ0v) is 14.7. The molecule has 0 aliphatic carbocycles. The van der Waals surface area contributed by atoms with E-state index in [9.17, 15) is 8.78 Å². The fourth-order valence-electron chi connectivity index (χ4n) is 2.85. The Morgan fingerprint density at radius 3 is 2.96 bits per heavy atom. The average molecular weight is 385 g/mol. The highest BCUT2D eigenvalue weighted by Crippen LogP contribution is 2.22. The van der Waals surface area contributed by atoms with Gasteiger partial charge in [0.1, 0.15) is 11.4 Å². The first-order valence-corrected chi connectivity index (χ1v) is 8.63. The van der Waals surface area contributed by atoms with Gasteiger partial charge in [-0.2, -0.15) is 0 Å². The molecule has 0 saturated carbocycles. The zero-order valence-electron chi connectivity index (χ0n) is 14.7. The van der Waals surface area contributed by atoms with Crippen molar-refractivity contribution >= 4 is 17.4 Å². The molecule has 0 spiro atoms. The van der Waals surface area contributed by atoms with E-state index in [1.807, 2.05) is 0 Å². The lowest BCUT2D eigenvalue weighted by molar-refractivity contribution is 0.145. The Morgan fingerprint density at radius 2 is 2.21 bits per heavy atom. The highest BCUT2D eigenvalue weighted by Gasteiger charge is 2.16. The predicted octanol–water partition coefficient (Wildman–Crippen LogP) is 2.28. The fourth-order valence-corrected chi connectivity index (χ4v) is 2.85. The second kappa shape index (κ2) is 7.77. The van der Waals surface area contributed by atoms with Crippen LogP contribution in [-0.2, 0) is 4.74 Å². The molecule has 0 radical (unpaired) electrons. The van der Waals surface area contributed by atoms with Gasteiger partial charge in [-0.1, -0.05) is 0 Å². The Hall–Kier alpha value is -3.27. The summed E-state index contributed by atoms with van der Waals surface area (Å²) in [6, 6.07) is 1.81. The summed E-state index contributed by atoms with van der Waals surface area (Å²) >= 11 is 0. The smallest absolute Gasteiger partial charge is 0.281 e. The number of ether oxygens (including phenoxy) is 1. The highest BCUT2D eigenvalue weighted by molar-refractivity contribution is 6.08. The Balaban J connectivity index is 1.68. The van der Waals surface area contributed by atoms with Gasteiger partial charge in [0.05, 0.1) is 30.7 Å². The summed E-state index contributed by atoms with van der Waals surface area (Å²) in [6.07, 6.45) is 6.87. The summed E-state index contributed by atoms with van der Waals surface area (Å²) in [5.74, 6) is 0.327. The van der Waals surface area contributed by atoms with Crippen molar-refractivity contribution in [3.63, 3.8) is 0 Å². The summed E-state index contributed by atoms with van der Waals surface area (Å²) in [4.78, 5) is 21.1. The first kappa shape index (κ1) is 18.1. The summed E-state index contributed by atoms with van der Waals surface area (Å²) in [6.45, 7) is 1.29. The molecule has 3 aromatic rings. The lowest BCUT2D eigenvalue weighted by Crippen LogP contribution is -2.05. The molecule has 1 aliphatic heterocycles. The van der Waals surface area contributed by atoms with Crippen LogP contribution in [-0.4, -0.2) is 49.8 Å². The number of fused-ring (bicyclic) bond motifs is 1. The maximum Gasteiger partial charge on any atom is 0.281 e. The third-order valence-electron chi connectivity index (χ3n) is 4.33. The number of nitrogens with two attached hydrogens (primary N) is 1. The molecule has 1 unspecified atom stereocenters. The van der Waals surface area contributed by atoms with E-state index >= 15 is 0 Å². The molecule has 0 amide bonds. The molecular weight excluding hydrogens is 368 g/mol. The molecule has 28 heavy (non-hydrogen) atoms. The maximum absolute atomic E-state index is 13.0. The van der Waals surface area contributed by atoms with Crippen molar-refractivity contribution in [2.75, 3.05) is 13.2 Å². The van der Waals surface area contributed by atoms with Gasteiger partial charge in [-0.3, -0.25) is 9.39 Å². The summed E-state index contributed by atoms with van der Waals surface area (Å²) in [5, 5.41) is 0. The number of alkyl halides is 2. The van der Waals surface area contributed by atoms with Crippen LogP contribution >= 0.6 is 0 Å². The first-order valence-electron chi connectivity index (χ1n) is 8.63. The Kier molecular flexibility index (Phi) is 5.02. The molecule has 2 N–H and O–H groups in total. The maximum atomic E-state index is 13.0. The molecule has 0 bridgehead atoms. The number of hydrogen-bond acceptors (Lipinski definition) is 7. The number of imidazole rings is 1. The molecule has 0 aromatic carbocycles. The topological polar surface area (TPSA) is 104 Å². The lowest BCUT2D eigenvalue weighted by Gasteiger charge is -2.06. The second-order valence-corrected chi connectivity index (χ2v) is 6.17. The number of aromatic nitrogens is 5. The molecule has 8 nitrogen and oxygen atoms in total. The van der Waals surface area contributed by atoms with Crippen molar-refractivity contribution in [1.82, 2.24) is 24.3 Å². The third kappa shape index (κ3) is 3.58. The monoisotopic (exact) mass is 385 g/mol. The molecule has 144 valence electrons. The fraction of sp³-hybridized carbons (Fsp3) is 0.278. The molecule has 10 heteroatoms. The number of aliphatic imine (C=N–C) groups is 1. The van der Waals surface area contributed by atoms with Gasteiger partial charge >= 0.3 is 0 Å². The van der Waals surface area contributed by atoms with Crippen molar-refractivity contribution in [3.8, 4) is 11.5 Å². The van der Waals surface area contributed by atoms with Gasteiger partial charge in [-0.05, 0) is 12.5 Å². The minimum absolute atomic E-state index is 0.107. The predicted molar refractivity (Wildman–Crippen MR) is 98.9 cm³/mol. The van der Waals surface area contributed by atoms with E-state index in [1.165, 1.54) is 29.2 Å². The summed E-state index contributed by atoms with van der Waals surface area (Å²) in [5.41, 5.74) is 7.48. The molecule has 1 aliphatic rings. The highest BCUT2D eigenvalue weighted by atomic mass is 19.3. The van der Waals surface area contributed by atoms with E-state index in [0.717, 1.165) is 6.42 Å². The average Bonchev–Trinajstić information content (AvgIpc) is 3.38. The van der Waals surface area contributed by atoms with Crippen LogP contribution in [0.3, 0.4) is 0 Å². The minimum Gasteiger partial charge on any atom is -0.404 e. The van der Waals surface area contributed by atoms with Crippen LogP contribution in [0.15, 0.2) is 42.0 Å².